The molecule has 0 heterocycles. The van der Waals surface area contributed by atoms with Crippen LogP contribution < -0.4 is 10.0 Å². The molecule has 0 aliphatic rings. The Balaban J connectivity index is 3.25. The van der Waals surface area contributed by atoms with E-state index in [1.54, 1.807) is 20.9 Å². The second-order valence-electron chi connectivity index (χ2n) is 4.35. The quantitative estimate of drug-likeness (QED) is 0.840. The molecule has 1 atom stereocenters. The molecule has 108 valence electrons. The Bertz CT molecular complexity index is 547. The van der Waals surface area contributed by atoms with Gasteiger partial charge in [-0.2, -0.15) is 0 Å². The van der Waals surface area contributed by atoms with Gasteiger partial charge in [-0.1, -0.05) is 6.92 Å². The van der Waals surface area contributed by atoms with E-state index in [0.29, 0.717) is 12.0 Å². The van der Waals surface area contributed by atoms with Crippen LogP contribution in [-0.4, -0.2) is 21.5 Å². The predicted octanol–water partition coefficient (Wildman–Crippen LogP) is 1.76. The van der Waals surface area contributed by atoms with Gasteiger partial charge < -0.3 is 5.32 Å². The molecule has 0 saturated heterocycles. The molecule has 1 aromatic rings. The van der Waals surface area contributed by atoms with Gasteiger partial charge in [-0.15, -0.1) is 0 Å². The summed E-state index contributed by atoms with van der Waals surface area (Å²) in [5.41, 5.74) is 0.367. The smallest absolute Gasteiger partial charge is 0.243 e. The molecule has 1 rings (SSSR count). The zero-order valence-electron chi connectivity index (χ0n) is 11.1. The van der Waals surface area contributed by atoms with Crippen LogP contribution in [0.4, 0.5) is 8.78 Å². The van der Waals surface area contributed by atoms with E-state index in [9.17, 15) is 17.2 Å². The summed E-state index contributed by atoms with van der Waals surface area (Å²) in [5.74, 6) is -2.52. The van der Waals surface area contributed by atoms with Crippen molar-refractivity contribution in [3.8, 4) is 0 Å². The van der Waals surface area contributed by atoms with Crippen LogP contribution in [0.2, 0.25) is 0 Å². The Hall–Kier alpha value is -1.05. The minimum Gasteiger partial charge on any atom is -0.316 e. The minimum absolute atomic E-state index is 0.253. The molecule has 1 unspecified atom stereocenters. The van der Waals surface area contributed by atoms with Crippen molar-refractivity contribution in [3.63, 3.8) is 0 Å². The predicted molar refractivity (Wildman–Crippen MR) is 69.2 cm³/mol. The van der Waals surface area contributed by atoms with E-state index in [2.05, 4.69) is 10.0 Å². The highest BCUT2D eigenvalue weighted by Gasteiger charge is 2.24. The highest BCUT2D eigenvalue weighted by atomic mass is 32.2. The first-order valence-electron chi connectivity index (χ1n) is 5.96. The molecule has 0 aliphatic heterocycles. The van der Waals surface area contributed by atoms with Crippen molar-refractivity contribution in [2.45, 2.75) is 37.8 Å². The summed E-state index contributed by atoms with van der Waals surface area (Å²) >= 11 is 0. The molecule has 2 N–H and O–H groups in total. The fraction of sp³-hybridized carbons (Fsp3) is 0.500. The summed E-state index contributed by atoms with van der Waals surface area (Å²) in [6.07, 6.45) is 0.555. The van der Waals surface area contributed by atoms with Crippen LogP contribution in [0.3, 0.4) is 0 Å². The fourth-order valence-corrected chi connectivity index (χ4v) is 2.99. The first-order chi connectivity index (χ1) is 8.81. The summed E-state index contributed by atoms with van der Waals surface area (Å²) < 4.78 is 53.4. The second-order valence-corrected chi connectivity index (χ2v) is 6.03. The molecule has 19 heavy (non-hydrogen) atoms. The van der Waals surface area contributed by atoms with Crippen LogP contribution in [0.25, 0.3) is 0 Å². The maximum Gasteiger partial charge on any atom is 0.243 e. The van der Waals surface area contributed by atoms with Crippen LogP contribution in [0.5, 0.6) is 0 Å². The standard InChI is InChI=1S/C12H18F2N2O2S/c1-4-8(2)16-19(17,18)11-6-9(7-15-3)5-10(13)12(11)14/h5-6,8,15-16H,4,7H2,1-3H3. The van der Waals surface area contributed by atoms with Gasteiger partial charge in [-0.05, 0) is 38.1 Å². The maximum absolute atomic E-state index is 13.7. The third-order valence-corrected chi connectivity index (χ3v) is 4.28. The first kappa shape index (κ1) is 16.0. The maximum atomic E-state index is 13.7. The third-order valence-electron chi connectivity index (χ3n) is 2.69. The van der Waals surface area contributed by atoms with E-state index in [1.165, 1.54) is 0 Å². The van der Waals surface area contributed by atoms with Crippen molar-refractivity contribution in [2.24, 2.45) is 0 Å². The SMILES string of the molecule is CCC(C)NS(=O)(=O)c1cc(CNC)cc(F)c1F. The highest BCUT2D eigenvalue weighted by molar-refractivity contribution is 7.89. The summed E-state index contributed by atoms with van der Waals surface area (Å²) in [5, 5.41) is 2.76. The molecule has 0 spiro atoms. The van der Waals surface area contributed by atoms with Gasteiger partial charge in [0.05, 0.1) is 0 Å². The average molecular weight is 292 g/mol. The second kappa shape index (κ2) is 6.40. The summed E-state index contributed by atoms with van der Waals surface area (Å²) in [4.78, 5) is -0.655. The Morgan fingerprint density at radius 2 is 1.95 bits per heavy atom. The molecule has 4 nitrogen and oxygen atoms in total. The average Bonchev–Trinajstić information content (AvgIpc) is 2.33. The molecule has 0 saturated carbocycles. The lowest BCUT2D eigenvalue weighted by molar-refractivity contribution is 0.478. The van der Waals surface area contributed by atoms with Crippen molar-refractivity contribution >= 4 is 10.0 Å². The van der Waals surface area contributed by atoms with Gasteiger partial charge in [-0.3, -0.25) is 0 Å². The van der Waals surface area contributed by atoms with Crippen molar-refractivity contribution in [2.75, 3.05) is 7.05 Å². The number of halogens is 2. The number of hydrogen-bond donors (Lipinski definition) is 2. The number of nitrogens with one attached hydrogen (secondary N) is 2. The number of rotatable bonds is 6. The van der Waals surface area contributed by atoms with E-state index in [4.69, 9.17) is 0 Å². The molecule has 0 bridgehead atoms. The molecule has 0 radical (unpaired) electrons. The molecule has 1 aromatic carbocycles. The molecule has 0 fully saturated rings. The van der Waals surface area contributed by atoms with Crippen molar-refractivity contribution in [1.29, 1.82) is 0 Å². The normalized spacial score (nSPS) is 13.5. The van der Waals surface area contributed by atoms with Gasteiger partial charge in [0, 0.05) is 12.6 Å². The van der Waals surface area contributed by atoms with E-state index < -0.39 is 26.6 Å². The van der Waals surface area contributed by atoms with E-state index in [-0.39, 0.29) is 12.6 Å². The lowest BCUT2D eigenvalue weighted by atomic mass is 10.2. The van der Waals surface area contributed by atoms with Gasteiger partial charge >= 0.3 is 0 Å². The molecule has 0 aromatic heterocycles. The summed E-state index contributed by atoms with van der Waals surface area (Å²) in [7, 11) is -2.43. The van der Waals surface area contributed by atoms with Crippen molar-refractivity contribution in [3.05, 3.63) is 29.3 Å². The van der Waals surface area contributed by atoms with Crippen LogP contribution in [0, 0.1) is 11.6 Å². The molecular weight excluding hydrogens is 274 g/mol. The lowest BCUT2D eigenvalue weighted by Gasteiger charge is -2.14. The Kier molecular flexibility index (Phi) is 5.39. The van der Waals surface area contributed by atoms with Gasteiger partial charge in [0.2, 0.25) is 10.0 Å². The Labute approximate surface area is 112 Å². The van der Waals surface area contributed by atoms with Gasteiger partial charge in [0.25, 0.3) is 0 Å². The first-order valence-corrected chi connectivity index (χ1v) is 7.45. The van der Waals surface area contributed by atoms with Gasteiger partial charge in [0.1, 0.15) is 4.90 Å². The topological polar surface area (TPSA) is 58.2 Å². The summed E-state index contributed by atoms with van der Waals surface area (Å²) in [6.45, 7) is 3.70. The molecular formula is C12H18F2N2O2S. The molecule has 7 heteroatoms. The number of benzene rings is 1. The van der Waals surface area contributed by atoms with Crippen molar-refractivity contribution in [1.82, 2.24) is 10.0 Å². The van der Waals surface area contributed by atoms with E-state index in [1.807, 2.05) is 0 Å². The van der Waals surface area contributed by atoms with Crippen LogP contribution in [-0.2, 0) is 16.6 Å². The van der Waals surface area contributed by atoms with Crippen LogP contribution in [0.15, 0.2) is 17.0 Å². The fourth-order valence-electron chi connectivity index (χ4n) is 1.53. The van der Waals surface area contributed by atoms with Crippen LogP contribution in [0.1, 0.15) is 25.8 Å². The summed E-state index contributed by atoms with van der Waals surface area (Å²) in [6, 6.07) is 1.77. The van der Waals surface area contributed by atoms with E-state index >= 15 is 0 Å². The number of sulfonamides is 1. The third kappa shape index (κ3) is 3.95. The van der Waals surface area contributed by atoms with Crippen LogP contribution >= 0.6 is 0 Å². The van der Waals surface area contributed by atoms with Gasteiger partial charge in [0.15, 0.2) is 11.6 Å². The Morgan fingerprint density at radius 3 is 2.47 bits per heavy atom. The molecule has 0 amide bonds. The van der Waals surface area contributed by atoms with E-state index in [0.717, 1.165) is 12.1 Å². The zero-order chi connectivity index (χ0) is 14.6. The Morgan fingerprint density at radius 1 is 1.32 bits per heavy atom. The highest BCUT2D eigenvalue weighted by Crippen LogP contribution is 2.20. The monoisotopic (exact) mass is 292 g/mol. The zero-order valence-corrected chi connectivity index (χ0v) is 11.9. The molecule has 0 aliphatic carbocycles. The largest absolute Gasteiger partial charge is 0.316 e. The van der Waals surface area contributed by atoms with Gasteiger partial charge in [-0.25, -0.2) is 21.9 Å². The van der Waals surface area contributed by atoms with Crippen molar-refractivity contribution < 1.29 is 17.2 Å². The minimum atomic E-state index is -4.06. The lowest BCUT2D eigenvalue weighted by Crippen LogP contribution is -2.32. The number of hydrogen-bond acceptors (Lipinski definition) is 3.